The first-order valence-corrected chi connectivity index (χ1v) is 12.3. The normalized spacial score (nSPS) is 14.4. The van der Waals surface area contributed by atoms with Crippen molar-refractivity contribution in [3.8, 4) is 16.4 Å². The Kier molecular flexibility index (Phi) is 5.83. The van der Waals surface area contributed by atoms with Gasteiger partial charge in [0.2, 0.25) is 5.82 Å². The third kappa shape index (κ3) is 4.59. The van der Waals surface area contributed by atoms with Gasteiger partial charge in [0.1, 0.15) is 5.82 Å². The Hall–Kier alpha value is -3.86. The Morgan fingerprint density at radius 2 is 1.91 bits per heavy atom. The number of hydrogen-bond donors (Lipinski definition) is 2. The fourth-order valence-corrected chi connectivity index (χ4v) is 4.79. The number of carbonyl (C=O) groups excluding carboxylic acids is 1. The molecule has 0 unspecified atom stereocenters. The van der Waals surface area contributed by atoms with Crippen LogP contribution in [-0.2, 0) is 11.3 Å². The quantitative estimate of drug-likeness (QED) is 0.378. The number of fused-ring (bicyclic) bond motifs is 1. The van der Waals surface area contributed by atoms with E-state index in [-0.39, 0.29) is 11.7 Å². The SMILES string of the molecule is O=C(Nc1ccc2nc(CN3CCOCC3)[nH]c2c1)c1nc(-c2cccs2)n(-c2ccccc2)n1. The fourth-order valence-electron chi connectivity index (χ4n) is 4.10. The predicted molar refractivity (Wildman–Crippen MR) is 135 cm³/mol. The monoisotopic (exact) mass is 485 g/mol. The van der Waals surface area contributed by atoms with E-state index in [1.165, 1.54) is 0 Å². The number of para-hydroxylation sites is 1. The topological polar surface area (TPSA) is 101 Å². The van der Waals surface area contributed by atoms with Gasteiger partial charge in [-0.05, 0) is 41.8 Å². The van der Waals surface area contributed by atoms with Gasteiger partial charge in [0.15, 0.2) is 5.82 Å². The van der Waals surface area contributed by atoms with Crippen molar-refractivity contribution in [2.24, 2.45) is 0 Å². The van der Waals surface area contributed by atoms with Crippen LogP contribution in [0.5, 0.6) is 0 Å². The molecule has 0 bridgehead atoms. The van der Waals surface area contributed by atoms with E-state index in [1.807, 2.05) is 66.0 Å². The molecule has 0 spiro atoms. The molecule has 2 N–H and O–H groups in total. The number of anilines is 1. The lowest BCUT2D eigenvalue weighted by Crippen LogP contribution is -2.35. The van der Waals surface area contributed by atoms with Gasteiger partial charge in [-0.1, -0.05) is 24.3 Å². The number of H-pyrrole nitrogens is 1. The second kappa shape index (κ2) is 9.41. The zero-order chi connectivity index (χ0) is 23.6. The number of nitrogens with one attached hydrogen (secondary N) is 2. The van der Waals surface area contributed by atoms with Crippen molar-refractivity contribution in [2.45, 2.75) is 6.54 Å². The van der Waals surface area contributed by atoms with Gasteiger partial charge in [0, 0.05) is 18.8 Å². The molecule has 176 valence electrons. The first-order chi connectivity index (χ1) is 17.2. The number of amides is 1. The number of aromatic nitrogens is 5. The number of ether oxygens (including phenoxy) is 1. The number of hydrogen-bond acceptors (Lipinski definition) is 7. The van der Waals surface area contributed by atoms with Crippen LogP contribution in [0.4, 0.5) is 5.69 Å². The van der Waals surface area contributed by atoms with E-state index in [4.69, 9.17) is 4.74 Å². The summed E-state index contributed by atoms with van der Waals surface area (Å²) in [7, 11) is 0. The summed E-state index contributed by atoms with van der Waals surface area (Å²) in [5.41, 5.74) is 3.22. The van der Waals surface area contributed by atoms with E-state index in [1.54, 1.807) is 16.0 Å². The molecule has 10 heteroatoms. The summed E-state index contributed by atoms with van der Waals surface area (Å²) in [6, 6.07) is 19.2. The molecule has 35 heavy (non-hydrogen) atoms. The molecule has 0 atom stereocenters. The van der Waals surface area contributed by atoms with Crippen LogP contribution in [0.1, 0.15) is 16.4 Å². The lowest BCUT2D eigenvalue weighted by atomic mass is 10.2. The Labute approximate surface area is 205 Å². The molecule has 1 fully saturated rings. The minimum atomic E-state index is -0.370. The first-order valence-electron chi connectivity index (χ1n) is 11.4. The largest absolute Gasteiger partial charge is 0.379 e. The van der Waals surface area contributed by atoms with Crippen molar-refractivity contribution in [1.82, 2.24) is 29.6 Å². The smallest absolute Gasteiger partial charge is 0.295 e. The molecule has 3 aromatic heterocycles. The van der Waals surface area contributed by atoms with Crippen LogP contribution in [-0.4, -0.2) is 61.8 Å². The number of benzene rings is 2. The van der Waals surface area contributed by atoms with E-state index in [2.05, 4.69) is 30.3 Å². The maximum atomic E-state index is 13.1. The molecule has 1 saturated heterocycles. The molecule has 0 aliphatic carbocycles. The van der Waals surface area contributed by atoms with Gasteiger partial charge in [-0.2, -0.15) is 0 Å². The highest BCUT2D eigenvalue weighted by Gasteiger charge is 2.20. The number of aromatic amines is 1. The number of carbonyl (C=O) groups is 1. The van der Waals surface area contributed by atoms with E-state index in [9.17, 15) is 4.79 Å². The fraction of sp³-hybridized carbons (Fsp3) is 0.200. The number of nitrogens with zero attached hydrogens (tertiary/aromatic N) is 5. The molecule has 6 rings (SSSR count). The summed E-state index contributed by atoms with van der Waals surface area (Å²) in [5.74, 6) is 1.27. The number of thiophene rings is 1. The van der Waals surface area contributed by atoms with Crippen LogP contribution in [0.3, 0.4) is 0 Å². The summed E-state index contributed by atoms with van der Waals surface area (Å²) in [6.07, 6.45) is 0. The standard InChI is InChI=1S/C25H23N7O2S/c33-25(23-29-24(21-7-4-14-35-21)32(30-23)18-5-2-1-3-6-18)26-17-8-9-19-20(15-17)28-22(27-19)16-31-10-12-34-13-11-31/h1-9,14-15H,10-13,16H2,(H,26,33)(H,27,28). The van der Waals surface area contributed by atoms with Crippen LogP contribution >= 0.6 is 11.3 Å². The summed E-state index contributed by atoms with van der Waals surface area (Å²) < 4.78 is 7.12. The number of morpholine rings is 1. The van der Waals surface area contributed by atoms with E-state index in [0.29, 0.717) is 11.5 Å². The summed E-state index contributed by atoms with van der Waals surface area (Å²) in [4.78, 5) is 29.0. The minimum Gasteiger partial charge on any atom is -0.379 e. The molecule has 1 amide bonds. The molecule has 1 aliphatic heterocycles. The van der Waals surface area contributed by atoms with Gasteiger partial charge in [0.25, 0.3) is 5.91 Å². The lowest BCUT2D eigenvalue weighted by Gasteiger charge is -2.25. The van der Waals surface area contributed by atoms with E-state index in [0.717, 1.165) is 60.3 Å². The molecular weight excluding hydrogens is 462 g/mol. The van der Waals surface area contributed by atoms with Gasteiger partial charge in [0.05, 0.1) is 41.4 Å². The highest BCUT2D eigenvalue weighted by Crippen LogP contribution is 2.26. The lowest BCUT2D eigenvalue weighted by molar-refractivity contribution is 0.0332. The Morgan fingerprint density at radius 3 is 2.71 bits per heavy atom. The number of imidazole rings is 1. The highest BCUT2D eigenvalue weighted by molar-refractivity contribution is 7.13. The third-order valence-electron chi connectivity index (χ3n) is 5.82. The Balaban J connectivity index is 1.24. The predicted octanol–water partition coefficient (Wildman–Crippen LogP) is 3.96. The average molecular weight is 486 g/mol. The average Bonchev–Trinajstić information content (AvgIpc) is 3.64. The van der Waals surface area contributed by atoms with Crippen molar-refractivity contribution in [1.29, 1.82) is 0 Å². The van der Waals surface area contributed by atoms with Crippen LogP contribution in [0.25, 0.3) is 27.4 Å². The molecule has 4 heterocycles. The van der Waals surface area contributed by atoms with Gasteiger partial charge < -0.3 is 15.0 Å². The van der Waals surface area contributed by atoms with Gasteiger partial charge in [-0.25, -0.2) is 14.6 Å². The van der Waals surface area contributed by atoms with Crippen LogP contribution in [0, 0.1) is 0 Å². The second-order valence-corrected chi connectivity index (χ2v) is 9.19. The third-order valence-corrected chi connectivity index (χ3v) is 6.68. The van der Waals surface area contributed by atoms with Crippen molar-refractivity contribution in [3.05, 3.63) is 77.7 Å². The highest BCUT2D eigenvalue weighted by atomic mass is 32.1. The van der Waals surface area contributed by atoms with E-state index >= 15 is 0 Å². The summed E-state index contributed by atoms with van der Waals surface area (Å²) >= 11 is 1.55. The maximum Gasteiger partial charge on any atom is 0.295 e. The summed E-state index contributed by atoms with van der Waals surface area (Å²) in [5, 5.41) is 9.44. The molecule has 2 aromatic carbocycles. The second-order valence-electron chi connectivity index (χ2n) is 8.24. The van der Waals surface area contributed by atoms with Gasteiger partial charge in [-0.15, -0.1) is 16.4 Å². The first kappa shape index (κ1) is 21.7. The van der Waals surface area contributed by atoms with Crippen LogP contribution in [0.15, 0.2) is 66.0 Å². The van der Waals surface area contributed by atoms with Crippen molar-refractivity contribution >= 4 is 34.0 Å². The maximum absolute atomic E-state index is 13.1. The van der Waals surface area contributed by atoms with E-state index < -0.39 is 0 Å². The molecule has 0 radical (unpaired) electrons. The molecule has 9 nitrogen and oxygen atoms in total. The number of rotatable bonds is 6. The zero-order valence-electron chi connectivity index (χ0n) is 18.8. The molecular formula is C25H23N7O2S. The van der Waals surface area contributed by atoms with Crippen molar-refractivity contribution < 1.29 is 9.53 Å². The molecule has 1 aliphatic rings. The molecule has 0 saturated carbocycles. The minimum absolute atomic E-state index is 0.106. The van der Waals surface area contributed by atoms with Gasteiger partial charge in [-0.3, -0.25) is 9.69 Å². The zero-order valence-corrected chi connectivity index (χ0v) is 19.7. The Bertz CT molecular complexity index is 1450. The van der Waals surface area contributed by atoms with Crippen molar-refractivity contribution in [3.63, 3.8) is 0 Å². The summed E-state index contributed by atoms with van der Waals surface area (Å²) in [6.45, 7) is 4.03. The van der Waals surface area contributed by atoms with Gasteiger partial charge >= 0.3 is 0 Å². The Morgan fingerprint density at radius 1 is 1.06 bits per heavy atom. The van der Waals surface area contributed by atoms with Crippen LogP contribution in [0.2, 0.25) is 0 Å². The van der Waals surface area contributed by atoms with Crippen LogP contribution < -0.4 is 5.32 Å². The molecule has 5 aromatic rings. The van der Waals surface area contributed by atoms with Crippen molar-refractivity contribution in [2.75, 3.05) is 31.6 Å².